The standard InChI is InChI=1S/C25H18Cl2F10N2O2/c1-3-12-6-14(8-18(26)20(12)27)16(24(32,33)34)9-19(28)13-4-5-15(17(7-13)25(35,36)37)22(41)39-11(2)21(40)38-10-23(29,30)31/h3-9,11,16H,1,10H2,2H3,(H,38,40)(H,39,41)/b19-9-/t11-,16-/m1/s1. The summed E-state index contributed by atoms with van der Waals surface area (Å²) in [5, 5.41) is 2.76. The van der Waals surface area contributed by atoms with Gasteiger partial charge in [0.25, 0.3) is 5.91 Å². The number of halogens is 12. The Kier molecular flexibility index (Phi) is 10.5. The summed E-state index contributed by atoms with van der Waals surface area (Å²) in [4.78, 5) is 24.2. The Morgan fingerprint density at radius 1 is 1.00 bits per heavy atom. The van der Waals surface area contributed by atoms with Crippen molar-refractivity contribution in [1.82, 2.24) is 10.6 Å². The molecule has 2 aromatic rings. The molecular weight excluding hydrogens is 621 g/mol. The summed E-state index contributed by atoms with van der Waals surface area (Å²) in [5.41, 5.74) is -4.55. The third-order valence-corrected chi connectivity index (χ3v) is 6.19. The van der Waals surface area contributed by atoms with E-state index in [1.54, 1.807) is 5.32 Å². The van der Waals surface area contributed by atoms with Gasteiger partial charge in [-0.05, 0) is 48.4 Å². The number of benzene rings is 2. The molecule has 2 rings (SSSR count). The molecule has 0 unspecified atom stereocenters. The van der Waals surface area contributed by atoms with Crippen molar-refractivity contribution in [1.29, 1.82) is 0 Å². The molecule has 0 aliphatic carbocycles. The summed E-state index contributed by atoms with van der Waals surface area (Å²) >= 11 is 11.7. The third-order valence-electron chi connectivity index (χ3n) is 5.37. The van der Waals surface area contributed by atoms with Crippen molar-refractivity contribution in [3.8, 4) is 0 Å². The zero-order valence-corrected chi connectivity index (χ0v) is 22.0. The summed E-state index contributed by atoms with van der Waals surface area (Å²) in [6, 6.07) is 1.11. The Hall–Kier alpha value is -3.26. The van der Waals surface area contributed by atoms with Crippen molar-refractivity contribution in [2.45, 2.75) is 37.4 Å². The van der Waals surface area contributed by atoms with E-state index < -0.39 is 76.9 Å². The van der Waals surface area contributed by atoms with Crippen LogP contribution in [0.5, 0.6) is 0 Å². The van der Waals surface area contributed by atoms with Gasteiger partial charge in [0.1, 0.15) is 24.3 Å². The number of hydrogen-bond donors (Lipinski definition) is 2. The lowest BCUT2D eigenvalue weighted by Crippen LogP contribution is -2.47. The van der Waals surface area contributed by atoms with Crippen molar-refractivity contribution in [3.63, 3.8) is 0 Å². The largest absolute Gasteiger partial charge is 0.417 e. The molecule has 2 N–H and O–H groups in total. The van der Waals surface area contributed by atoms with Gasteiger partial charge in [0, 0.05) is 5.56 Å². The van der Waals surface area contributed by atoms with E-state index in [-0.39, 0.29) is 27.8 Å². The van der Waals surface area contributed by atoms with E-state index in [9.17, 15) is 49.1 Å². The molecule has 0 aliphatic rings. The Morgan fingerprint density at radius 3 is 2.12 bits per heavy atom. The molecular formula is C25H18Cl2F10N2O2. The molecule has 0 aliphatic heterocycles. The molecule has 0 bridgehead atoms. The topological polar surface area (TPSA) is 58.2 Å². The molecule has 2 amide bonds. The highest BCUT2D eigenvalue weighted by Gasteiger charge is 2.41. The van der Waals surface area contributed by atoms with Crippen LogP contribution in [0.25, 0.3) is 11.9 Å². The van der Waals surface area contributed by atoms with Crippen LogP contribution in [0.1, 0.15) is 45.5 Å². The van der Waals surface area contributed by atoms with Gasteiger partial charge >= 0.3 is 18.5 Å². The number of carbonyl (C=O) groups is 2. The zero-order valence-electron chi connectivity index (χ0n) is 20.5. The number of amides is 2. The molecule has 0 spiro atoms. The van der Waals surface area contributed by atoms with E-state index in [0.717, 1.165) is 25.1 Å². The van der Waals surface area contributed by atoms with E-state index in [1.165, 1.54) is 5.32 Å². The first-order valence-electron chi connectivity index (χ1n) is 11.1. The normalized spacial score (nSPS) is 14.3. The quantitative estimate of drug-likeness (QED) is 0.287. The second kappa shape index (κ2) is 12.7. The maximum Gasteiger partial charge on any atom is 0.417 e. The van der Waals surface area contributed by atoms with Gasteiger partial charge in [-0.25, -0.2) is 4.39 Å². The molecule has 41 heavy (non-hydrogen) atoms. The number of carbonyl (C=O) groups excluding carboxylic acids is 2. The average molecular weight is 639 g/mol. The van der Waals surface area contributed by atoms with Crippen molar-refractivity contribution in [2.24, 2.45) is 0 Å². The van der Waals surface area contributed by atoms with Gasteiger partial charge in [0.05, 0.1) is 21.2 Å². The highest BCUT2D eigenvalue weighted by molar-refractivity contribution is 6.43. The van der Waals surface area contributed by atoms with Crippen molar-refractivity contribution in [3.05, 3.63) is 80.8 Å². The van der Waals surface area contributed by atoms with Crippen LogP contribution >= 0.6 is 23.2 Å². The maximum atomic E-state index is 15.0. The third kappa shape index (κ3) is 9.12. The van der Waals surface area contributed by atoms with Crippen LogP contribution in [-0.4, -0.2) is 36.8 Å². The van der Waals surface area contributed by atoms with Gasteiger partial charge in [-0.1, -0.05) is 41.9 Å². The minimum absolute atomic E-state index is 0.00866. The summed E-state index contributed by atoms with van der Waals surface area (Å²) < 4.78 is 135. The molecule has 2 atom stereocenters. The van der Waals surface area contributed by atoms with Crippen LogP contribution in [-0.2, 0) is 11.0 Å². The van der Waals surface area contributed by atoms with Gasteiger partial charge in [-0.15, -0.1) is 0 Å². The van der Waals surface area contributed by atoms with Crippen molar-refractivity contribution < 1.29 is 53.5 Å². The molecule has 0 aromatic heterocycles. The molecule has 0 radical (unpaired) electrons. The Morgan fingerprint density at radius 2 is 1.61 bits per heavy atom. The molecule has 0 fully saturated rings. The first-order valence-corrected chi connectivity index (χ1v) is 11.8. The van der Waals surface area contributed by atoms with Crippen LogP contribution in [0, 0.1) is 0 Å². The van der Waals surface area contributed by atoms with Gasteiger partial charge in [0.2, 0.25) is 5.91 Å². The SMILES string of the molecule is C=Cc1cc([C@@H](/C=C(\F)c2ccc(C(=O)N[C@H](C)C(=O)NCC(F)(F)F)c(C(F)(F)F)c2)C(F)(F)F)cc(Cl)c1Cl. The average Bonchev–Trinajstić information content (AvgIpc) is 2.85. The molecule has 2 aromatic carbocycles. The lowest BCUT2D eigenvalue weighted by molar-refractivity contribution is -0.140. The van der Waals surface area contributed by atoms with Crippen LogP contribution in [0.2, 0.25) is 10.0 Å². The zero-order chi connectivity index (χ0) is 31.5. The Balaban J connectivity index is 2.48. The fraction of sp³-hybridized carbons (Fsp3) is 0.280. The fourth-order valence-corrected chi connectivity index (χ4v) is 3.81. The number of hydrogen-bond acceptors (Lipinski definition) is 2. The highest BCUT2D eigenvalue weighted by Crippen LogP contribution is 2.42. The van der Waals surface area contributed by atoms with E-state index in [4.69, 9.17) is 23.2 Å². The number of alkyl halides is 9. The van der Waals surface area contributed by atoms with E-state index in [0.29, 0.717) is 12.1 Å². The van der Waals surface area contributed by atoms with Gasteiger partial charge in [-0.2, -0.15) is 39.5 Å². The predicted octanol–water partition coefficient (Wildman–Crippen LogP) is 8.11. The van der Waals surface area contributed by atoms with Crippen LogP contribution < -0.4 is 10.6 Å². The second-order valence-corrected chi connectivity index (χ2v) is 9.22. The van der Waals surface area contributed by atoms with E-state index in [2.05, 4.69) is 6.58 Å². The molecule has 224 valence electrons. The molecule has 0 saturated heterocycles. The van der Waals surface area contributed by atoms with Crippen LogP contribution in [0.4, 0.5) is 43.9 Å². The van der Waals surface area contributed by atoms with Crippen LogP contribution in [0.15, 0.2) is 43.0 Å². The van der Waals surface area contributed by atoms with E-state index >= 15 is 4.39 Å². The lowest BCUT2D eigenvalue weighted by Gasteiger charge is -2.20. The maximum absolute atomic E-state index is 15.0. The minimum Gasteiger partial charge on any atom is -0.345 e. The molecule has 16 heteroatoms. The molecule has 4 nitrogen and oxygen atoms in total. The van der Waals surface area contributed by atoms with Gasteiger partial charge < -0.3 is 10.6 Å². The van der Waals surface area contributed by atoms with Gasteiger partial charge in [-0.3, -0.25) is 9.59 Å². The van der Waals surface area contributed by atoms with Crippen LogP contribution in [0.3, 0.4) is 0 Å². The van der Waals surface area contributed by atoms with Crippen molar-refractivity contribution in [2.75, 3.05) is 6.54 Å². The highest BCUT2D eigenvalue weighted by atomic mass is 35.5. The summed E-state index contributed by atoms with van der Waals surface area (Å²) in [6.45, 7) is 2.51. The smallest absolute Gasteiger partial charge is 0.345 e. The van der Waals surface area contributed by atoms with E-state index in [1.807, 2.05) is 0 Å². The second-order valence-electron chi connectivity index (χ2n) is 8.43. The summed E-state index contributed by atoms with van der Waals surface area (Å²) in [7, 11) is 0. The first-order chi connectivity index (χ1) is 18.7. The number of allylic oxidation sites excluding steroid dienone is 1. The van der Waals surface area contributed by atoms with Gasteiger partial charge in [0.15, 0.2) is 0 Å². The first kappa shape index (κ1) is 33.9. The number of rotatable bonds is 8. The number of nitrogens with one attached hydrogen (secondary N) is 2. The summed E-state index contributed by atoms with van der Waals surface area (Å²) in [5.74, 6) is -7.36. The predicted molar refractivity (Wildman–Crippen MR) is 132 cm³/mol. The Labute approximate surface area is 236 Å². The summed E-state index contributed by atoms with van der Waals surface area (Å²) in [6.07, 6.45) is -14.2. The monoisotopic (exact) mass is 638 g/mol. The van der Waals surface area contributed by atoms with Crippen molar-refractivity contribution >= 4 is 46.9 Å². The molecule has 0 heterocycles. The lowest BCUT2D eigenvalue weighted by atomic mass is 9.94. The minimum atomic E-state index is -5.34. The Bertz CT molecular complexity index is 1350. The molecule has 0 saturated carbocycles. The fourth-order valence-electron chi connectivity index (χ4n) is 3.39.